The molecule has 2 N–H and O–H groups in total. The molecule has 0 aliphatic carbocycles. The Balaban J connectivity index is 1.35. The van der Waals surface area contributed by atoms with Crippen LogP contribution in [-0.4, -0.2) is 37.5 Å². The minimum absolute atomic E-state index is 0.0317. The normalized spacial score (nSPS) is 12.1. The highest BCUT2D eigenvalue weighted by atomic mass is 32.2. The Hall–Kier alpha value is -4.47. The van der Waals surface area contributed by atoms with E-state index in [1.54, 1.807) is 72.8 Å². The van der Waals surface area contributed by atoms with E-state index in [9.17, 15) is 16.8 Å². The van der Waals surface area contributed by atoms with Crippen molar-refractivity contribution in [3.05, 3.63) is 84.9 Å². The molecule has 6 aromatic rings. The average Bonchev–Trinajstić information content (AvgIpc) is 3.60. The third kappa shape index (κ3) is 4.78. The van der Waals surface area contributed by atoms with Gasteiger partial charge in [0.15, 0.2) is 22.1 Å². The monoisotopic (exact) mass is 580 g/mol. The van der Waals surface area contributed by atoms with Gasteiger partial charge >= 0.3 is 0 Å². The number of rotatable bonds is 8. The zero-order valence-electron chi connectivity index (χ0n) is 19.5. The molecule has 15 heteroatoms. The van der Waals surface area contributed by atoms with Crippen molar-refractivity contribution in [2.24, 2.45) is 0 Å². The van der Waals surface area contributed by atoms with Crippen LogP contribution in [0.3, 0.4) is 0 Å². The van der Waals surface area contributed by atoms with Crippen LogP contribution in [0.15, 0.2) is 114 Å². The molecule has 0 radical (unpaired) electrons. The third-order valence-electron chi connectivity index (χ3n) is 5.53. The molecular formula is C24H16N6O6S3. The number of para-hydroxylation sites is 2. The molecule has 39 heavy (non-hydrogen) atoms. The second kappa shape index (κ2) is 9.68. The van der Waals surface area contributed by atoms with E-state index < -0.39 is 20.0 Å². The summed E-state index contributed by atoms with van der Waals surface area (Å²) >= 11 is 1.15. The van der Waals surface area contributed by atoms with Gasteiger partial charge in [0.1, 0.15) is 9.79 Å². The number of hydrogen-bond acceptors (Lipinski definition) is 11. The lowest BCUT2D eigenvalue weighted by Gasteiger charge is -2.10. The highest BCUT2D eigenvalue weighted by Gasteiger charge is 2.26. The minimum atomic E-state index is -4.01. The predicted molar refractivity (Wildman–Crippen MR) is 142 cm³/mol. The van der Waals surface area contributed by atoms with Gasteiger partial charge < -0.3 is 0 Å². The first-order valence-corrected chi connectivity index (χ1v) is 14.9. The van der Waals surface area contributed by atoms with Crippen LogP contribution in [0.4, 0.5) is 11.4 Å². The van der Waals surface area contributed by atoms with Gasteiger partial charge in [-0.1, -0.05) is 48.2 Å². The van der Waals surface area contributed by atoms with Crippen LogP contribution in [0, 0.1) is 0 Å². The molecule has 12 nitrogen and oxygen atoms in total. The Morgan fingerprint density at radius 2 is 0.897 bits per heavy atom. The van der Waals surface area contributed by atoms with Crippen molar-refractivity contribution in [1.29, 1.82) is 0 Å². The number of sulfonamides is 2. The fourth-order valence-electron chi connectivity index (χ4n) is 3.79. The van der Waals surface area contributed by atoms with E-state index >= 15 is 0 Å². The standard InChI is InChI=1S/C24H16N6O6S3/c31-38(32,29-15-7-3-1-4-8-15)19-13-11-17(21-23(19)27-35-25-21)37-18-12-14-20(24-22(18)26-36-28-24)39(33,34)30-16-9-5-2-6-10-16/h1-14,29-30H. The number of nitrogens with zero attached hydrogens (tertiary/aromatic N) is 4. The van der Waals surface area contributed by atoms with E-state index in [0.717, 1.165) is 11.8 Å². The molecular weight excluding hydrogens is 565 g/mol. The largest absolute Gasteiger partial charge is 0.280 e. The summed E-state index contributed by atoms with van der Waals surface area (Å²) in [6.07, 6.45) is 0. The maximum absolute atomic E-state index is 13.1. The van der Waals surface area contributed by atoms with Crippen LogP contribution in [0.25, 0.3) is 22.1 Å². The maximum atomic E-state index is 13.1. The average molecular weight is 581 g/mol. The van der Waals surface area contributed by atoms with Crippen molar-refractivity contribution in [3.8, 4) is 0 Å². The summed E-state index contributed by atoms with van der Waals surface area (Å²) in [5, 5.41) is 15.4. The molecule has 0 amide bonds. The summed E-state index contributed by atoms with van der Waals surface area (Å²) in [4.78, 5) is 0.752. The highest BCUT2D eigenvalue weighted by Crippen LogP contribution is 2.39. The Labute approximate surface area is 225 Å². The van der Waals surface area contributed by atoms with Crippen molar-refractivity contribution in [2.75, 3.05) is 9.44 Å². The van der Waals surface area contributed by atoms with Crippen LogP contribution in [-0.2, 0) is 20.0 Å². The number of nitrogens with one attached hydrogen (secondary N) is 2. The van der Waals surface area contributed by atoms with Crippen LogP contribution >= 0.6 is 11.8 Å². The Kier molecular flexibility index (Phi) is 6.17. The van der Waals surface area contributed by atoms with Crippen molar-refractivity contribution >= 4 is 65.3 Å². The molecule has 0 saturated carbocycles. The molecule has 0 aliphatic heterocycles. The molecule has 0 atom stereocenters. The fraction of sp³-hybridized carbons (Fsp3) is 0. The quantitative estimate of drug-likeness (QED) is 0.259. The van der Waals surface area contributed by atoms with Gasteiger partial charge in [0, 0.05) is 21.2 Å². The van der Waals surface area contributed by atoms with Gasteiger partial charge in [-0.2, -0.15) is 0 Å². The van der Waals surface area contributed by atoms with Gasteiger partial charge in [-0.25, -0.2) is 26.1 Å². The maximum Gasteiger partial charge on any atom is 0.264 e. The third-order valence-corrected chi connectivity index (χ3v) is 9.46. The zero-order chi connectivity index (χ0) is 27.0. The van der Waals surface area contributed by atoms with E-state index in [1.165, 1.54) is 12.1 Å². The summed E-state index contributed by atoms with van der Waals surface area (Å²) in [6.45, 7) is 0. The van der Waals surface area contributed by atoms with Crippen LogP contribution < -0.4 is 9.44 Å². The Bertz CT molecular complexity index is 1880. The van der Waals surface area contributed by atoms with Gasteiger partial charge in [-0.3, -0.25) is 9.44 Å². The lowest BCUT2D eigenvalue weighted by molar-refractivity contribution is 0.314. The van der Waals surface area contributed by atoms with Crippen molar-refractivity contribution in [1.82, 2.24) is 20.6 Å². The van der Waals surface area contributed by atoms with E-state index in [2.05, 4.69) is 30.1 Å². The fourth-order valence-corrected chi connectivity index (χ4v) is 7.15. The second-order valence-corrected chi connectivity index (χ2v) is 12.5. The van der Waals surface area contributed by atoms with Crippen LogP contribution in [0.1, 0.15) is 0 Å². The van der Waals surface area contributed by atoms with Gasteiger partial charge in [0.05, 0.1) is 0 Å². The number of aromatic nitrogens is 4. The number of benzene rings is 4. The van der Waals surface area contributed by atoms with Gasteiger partial charge in [-0.05, 0) is 69.2 Å². The van der Waals surface area contributed by atoms with Crippen LogP contribution in [0.5, 0.6) is 0 Å². The first kappa shape index (κ1) is 24.8. The van der Waals surface area contributed by atoms with Gasteiger partial charge in [0.25, 0.3) is 20.0 Å². The van der Waals surface area contributed by atoms with Crippen molar-refractivity contribution < 1.29 is 26.1 Å². The van der Waals surface area contributed by atoms with Crippen molar-refractivity contribution in [2.45, 2.75) is 19.6 Å². The molecule has 0 saturated heterocycles. The summed E-state index contributed by atoms with van der Waals surface area (Å²) in [5.41, 5.74) is 1.23. The first-order chi connectivity index (χ1) is 18.8. The van der Waals surface area contributed by atoms with E-state index in [-0.39, 0.29) is 31.9 Å². The van der Waals surface area contributed by atoms with Gasteiger partial charge in [0.2, 0.25) is 0 Å². The summed E-state index contributed by atoms with van der Waals surface area (Å²) in [6, 6.07) is 22.7. The smallest absolute Gasteiger partial charge is 0.264 e. The number of hydrogen-bond donors (Lipinski definition) is 2. The van der Waals surface area contributed by atoms with E-state index in [1.807, 2.05) is 0 Å². The lowest BCUT2D eigenvalue weighted by Crippen LogP contribution is -2.13. The number of fused-ring (bicyclic) bond motifs is 2. The molecule has 2 aromatic heterocycles. The molecule has 0 unspecified atom stereocenters. The molecule has 0 bridgehead atoms. The van der Waals surface area contributed by atoms with E-state index in [0.29, 0.717) is 21.2 Å². The zero-order valence-corrected chi connectivity index (χ0v) is 22.0. The Morgan fingerprint density at radius 3 is 1.31 bits per heavy atom. The topological polar surface area (TPSA) is 170 Å². The second-order valence-electron chi connectivity index (χ2n) is 8.09. The SMILES string of the molecule is O=S(=O)(Nc1ccccc1)c1ccc(Sc2ccc(S(=O)(=O)Nc3ccccc3)c3nonc23)c2nonc12. The van der Waals surface area contributed by atoms with Crippen molar-refractivity contribution in [3.63, 3.8) is 0 Å². The Morgan fingerprint density at radius 1 is 0.513 bits per heavy atom. The highest BCUT2D eigenvalue weighted by molar-refractivity contribution is 7.99. The molecule has 2 heterocycles. The molecule has 0 aliphatic rings. The lowest BCUT2D eigenvalue weighted by atomic mass is 10.3. The number of anilines is 2. The summed E-state index contributed by atoms with van der Waals surface area (Å²) in [7, 11) is -8.01. The summed E-state index contributed by atoms with van der Waals surface area (Å²) < 4.78 is 67.0. The van der Waals surface area contributed by atoms with E-state index in [4.69, 9.17) is 9.26 Å². The molecule has 0 fully saturated rings. The minimum Gasteiger partial charge on any atom is -0.280 e. The molecule has 0 spiro atoms. The first-order valence-electron chi connectivity index (χ1n) is 11.2. The molecule has 6 rings (SSSR count). The molecule has 196 valence electrons. The van der Waals surface area contributed by atoms with Crippen LogP contribution in [0.2, 0.25) is 0 Å². The predicted octanol–water partition coefficient (Wildman–Crippen LogP) is 4.51. The summed E-state index contributed by atoms with van der Waals surface area (Å²) in [5.74, 6) is 0. The van der Waals surface area contributed by atoms with Gasteiger partial charge in [-0.15, -0.1) is 0 Å². The molecule has 4 aromatic carbocycles.